The molecule has 2 fully saturated rings. The number of halogens is 1. The Kier molecular flexibility index (Phi) is 6.27. The van der Waals surface area contributed by atoms with Crippen LogP contribution in [0.15, 0.2) is 34.9 Å². The summed E-state index contributed by atoms with van der Waals surface area (Å²) in [6.07, 6.45) is 5.93. The maximum atomic E-state index is 13.4. The highest BCUT2D eigenvalue weighted by molar-refractivity contribution is 6.34. The van der Waals surface area contributed by atoms with Crippen molar-refractivity contribution in [3.8, 4) is 17.0 Å². The van der Waals surface area contributed by atoms with Crippen LogP contribution in [-0.2, 0) is 10.2 Å². The highest BCUT2D eigenvalue weighted by Gasteiger charge is 2.45. The van der Waals surface area contributed by atoms with Gasteiger partial charge in [-0.05, 0) is 82.2 Å². The van der Waals surface area contributed by atoms with Crippen LogP contribution >= 0.6 is 11.6 Å². The lowest BCUT2D eigenvalue weighted by Gasteiger charge is -2.22. The van der Waals surface area contributed by atoms with E-state index in [4.69, 9.17) is 31.5 Å². The van der Waals surface area contributed by atoms with Crippen LogP contribution in [0.2, 0.25) is 5.02 Å². The Morgan fingerprint density at radius 3 is 2.67 bits per heavy atom. The number of carbonyl (C=O) groups is 2. The third-order valence-electron chi connectivity index (χ3n) is 8.90. The number of aromatic nitrogens is 3. The standard InChI is InChI=1S/C32H32ClN5O4/c1-15-10-19(11-24-26(15)38-30(42-24)18-6-7-18)29(39)36-13-21(17-4-5-17)23-12-22-28(41-14-32(22,3)31(34)40)27(37-23)20-8-9-35-16(2)25(20)33/h8-12,17-18,21H,4-7,13-14H2,1-3H3,(H2,34,40)(H,36,39)/t21-,32-/m0/s1. The molecule has 0 radical (unpaired) electrons. The van der Waals surface area contributed by atoms with Crippen molar-refractivity contribution in [2.24, 2.45) is 11.7 Å². The van der Waals surface area contributed by atoms with Gasteiger partial charge in [-0.1, -0.05) is 11.6 Å². The van der Waals surface area contributed by atoms with E-state index in [2.05, 4.69) is 15.3 Å². The number of ether oxygens (including phenoxy) is 1. The molecule has 0 saturated heterocycles. The third-order valence-corrected chi connectivity index (χ3v) is 9.38. The first-order chi connectivity index (χ1) is 20.1. The van der Waals surface area contributed by atoms with E-state index in [-0.39, 0.29) is 18.4 Å². The highest BCUT2D eigenvalue weighted by atomic mass is 35.5. The Morgan fingerprint density at radius 1 is 1.17 bits per heavy atom. The van der Waals surface area contributed by atoms with Crippen LogP contribution in [0.5, 0.6) is 5.75 Å². The van der Waals surface area contributed by atoms with Crippen molar-refractivity contribution in [1.82, 2.24) is 20.3 Å². The summed E-state index contributed by atoms with van der Waals surface area (Å²) in [7, 11) is 0. The molecule has 2 amide bonds. The number of hydrogen-bond donors (Lipinski definition) is 2. The molecule has 7 rings (SSSR count). The van der Waals surface area contributed by atoms with E-state index in [1.807, 2.05) is 26.0 Å². The summed E-state index contributed by atoms with van der Waals surface area (Å²) in [6.45, 7) is 6.07. The van der Waals surface area contributed by atoms with Gasteiger partial charge in [-0.25, -0.2) is 9.97 Å². The lowest BCUT2D eigenvalue weighted by molar-refractivity contribution is -0.123. The first kappa shape index (κ1) is 26.9. The van der Waals surface area contributed by atoms with E-state index in [1.165, 1.54) is 0 Å². The van der Waals surface area contributed by atoms with Crippen molar-refractivity contribution >= 4 is 34.5 Å². The maximum Gasteiger partial charge on any atom is 0.251 e. The first-order valence-electron chi connectivity index (χ1n) is 14.4. The van der Waals surface area contributed by atoms with E-state index >= 15 is 0 Å². The molecule has 3 N–H and O–H groups in total. The Bertz CT molecular complexity index is 1780. The van der Waals surface area contributed by atoms with E-state index in [0.717, 1.165) is 48.3 Å². The summed E-state index contributed by atoms with van der Waals surface area (Å²) < 4.78 is 12.1. The average Bonchev–Trinajstić information content (AvgIpc) is 3.90. The quantitative estimate of drug-likeness (QED) is 0.279. The fourth-order valence-corrected chi connectivity index (χ4v) is 6.08. The largest absolute Gasteiger partial charge is 0.489 e. The second-order valence-electron chi connectivity index (χ2n) is 12.1. The minimum Gasteiger partial charge on any atom is -0.489 e. The summed E-state index contributed by atoms with van der Waals surface area (Å²) in [4.78, 5) is 40.1. The smallest absolute Gasteiger partial charge is 0.251 e. The molecule has 3 aromatic heterocycles. The van der Waals surface area contributed by atoms with E-state index < -0.39 is 11.3 Å². The number of nitrogens with two attached hydrogens (primary N) is 1. The van der Waals surface area contributed by atoms with E-state index in [1.54, 1.807) is 25.3 Å². The third kappa shape index (κ3) is 4.51. The van der Waals surface area contributed by atoms with Gasteiger partial charge in [0.15, 0.2) is 11.5 Å². The number of amides is 2. The number of oxazole rings is 1. The molecule has 1 aliphatic heterocycles. The Morgan fingerprint density at radius 2 is 1.95 bits per heavy atom. The first-order valence-corrected chi connectivity index (χ1v) is 14.8. The van der Waals surface area contributed by atoms with Gasteiger partial charge in [0.1, 0.15) is 29.0 Å². The zero-order chi connectivity index (χ0) is 29.3. The Hall–Kier alpha value is -3.98. The van der Waals surface area contributed by atoms with Gasteiger partial charge in [0.25, 0.3) is 5.91 Å². The van der Waals surface area contributed by atoms with E-state index in [0.29, 0.717) is 62.8 Å². The number of pyridine rings is 2. The van der Waals surface area contributed by atoms with Crippen LogP contribution in [0.25, 0.3) is 22.4 Å². The highest BCUT2D eigenvalue weighted by Crippen LogP contribution is 2.49. The summed E-state index contributed by atoms with van der Waals surface area (Å²) in [5.74, 6) is 1.28. The molecule has 0 spiro atoms. The second-order valence-corrected chi connectivity index (χ2v) is 12.5. The van der Waals surface area contributed by atoms with Gasteiger partial charge >= 0.3 is 0 Å². The van der Waals surface area contributed by atoms with Crippen molar-refractivity contribution in [2.45, 2.75) is 63.7 Å². The number of rotatable bonds is 8. The van der Waals surface area contributed by atoms with Crippen molar-refractivity contribution in [1.29, 1.82) is 0 Å². The Balaban J connectivity index is 1.23. The number of fused-ring (bicyclic) bond motifs is 2. The summed E-state index contributed by atoms with van der Waals surface area (Å²) in [5.41, 5.74) is 11.1. The topological polar surface area (TPSA) is 133 Å². The lowest BCUT2D eigenvalue weighted by atomic mass is 9.82. The normalized spacial score (nSPS) is 20.3. The fraction of sp³-hybridized carbons (Fsp3) is 0.406. The number of benzene rings is 1. The molecular formula is C32H32ClN5O4. The summed E-state index contributed by atoms with van der Waals surface area (Å²) in [5, 5.41) is 3.62. The number of nitrogens with zero attached hydrogens (tertiary/aromatic N) is 3. The van der Waals surface area contributed by atoms with Gasteiger partial charge in [-0.15, -0.1) is 0 Å². The monoisotopic (exact) mass is 585 g/mol. The molecule has 2 saturated carbocycles. The molecule has 10 heteroatoms. The van der Waals surface area contributed by atoms with Crippen LogP contribution in [-0.4, -0.2) is 39.9 Å². The minimum absolute atomic E-state index is 0.0750. The zero-order valence-corrected chi connectivity index (χ0v) is 24.5. The maximum absolute atomic E-state index is 13.4. The molecule has 1 aromatic carbocycles. The van der Waals surface area contributed by atoms with E-state index in [9.17, 15) is 9.59 Å². The van der Waals surface area contributed by atoms with Crippen LogP contribution in [0.1, 0.15) is 83.2 Å². The second kappa shape index (κ2) is 9.80. The lowest BCUT2D eigenvalue weighted by Crippen LogP contribution is -2.40. The van der Waals surface area contributed by atoms with Crippen molar-refractivity contribution < 1.29 is 18.7 Å². The van der Waals surface area contributed by atoms with Crippen LogP contribution < -0.4 is 15.8 Å². The molecule has 4 heterocycles. The predicted octanol–water partition coefficient (Wildman–Crippen LogP) is 5.49. The summed E-state index contributed by atoms with van der Waals surface area (Å²) >= 11 is 6.70. The summed E-state index contributed by atoms with van der Waals surface area (Å²) in [6, 6.07) is 7.36. The van der Waals surface area contributed by atoms with Crippen LogP contribution in [0.3, 0.4) is 0 Å². The molecule has 4 aromatic rings. The van der Waals surface area contributed by atoms with Gasteiger partial charge in [0.2, 0.25) is 5.91 Å². The molecule has 2 atom stereocenters. The molecule has 9 nitrogen and oxygen atoms in total. The number of hydrogen-bond acceptors (Lipinski definition) is 7. The van der Waals surface area contributed by atoms with Crippen LogP contribution in [0, 0.1) is 19.8 Å². The molecular weight excluding hydrogens is 554 g/mol. The number of primary amides is 1. The van der Waals surface area contributed by atoms with Gasteiger partial charge in [-0.2, -0.15) is 0 Å². The molecule has 0 bridgehead atoms. The number of aryl methyl sites for hydroxylation is 2. The Labute approximate surface area is 248 Å². The molecule has 42 heavy (non-hydrogen) atoms. The van der Waals surface area contributed by atoms with Crippen molar-refractivity contribution in [2.75, 3.05) is 13.2 Å². The molecule has 2 aliphatic carbocycles. The van der Waals surface area contributed by atoms with Crippen molar-refractivity contribution in [3.63, 3.8) is 0 Å². The number of carbonyl (C=O) groups excluding carboxylic acids is 2. The minimum atomic E-state index is -1.02. The van der Waals surface area contributed by atoms with Gasteiger partial charge in [0.05, 0.1) is 10.7 Å². The predicted molar refractivity (Wildman–Crippen MR) is 158 cm³/mol. The molecule has 0 unspecified atom stereocenters. The molecule has 216 valence electrons. The fourth-order valence-electron chi connectivity index (χ4n) is 5.88. The van der Waals surface area contributed by atoms with Crippen molar-refractivity contribution in [3.05, 3.63) is 69.5 Å². The number of nitrogens with one attached hydrogen (secondary N) is 1. The van der Waals surface area contributed by atoms with Gasteiger partial charge < -0.3 is 20.2 Å². The average molecular weight is 586 g/mol. The zero-order valence-electron chi connectivity index (χ0n) is 23.8. The van der Waals surface area contributed by atoms with Gasteiger partial charge in [0, 0.05) is 47.0 Å². The SMILES string of the molecule is Cc1nccc(-c2nc([C@@H](CNC(=O)c3cc(C)c4nc(C5CC5)oc4c3)C3CC3)cc3c2OC[C@]3(C)C(N)=O)c1Cl. The van der Waals surface area contributed by atoms with Crippen LogP contribution in [0.4, 0.5) is 0 Å². The molecule has 3 aliphatic rings. The van der Waals surface area contributed by atoms with Gasteiger partial charge in [-0.3, -0.25) is 14.6 Å².